The van der Waals surface area contributed by atoms with Crippen LogP contribution < -0.4 is 16.4 Å². The summed E-state index contributed by atoms with van der Waals surface area (Å²) in [5, 5.41) is 22.8. The van der Waals surface area contributed by atoms with E-state index in [2.05, 4.69) is 20.6 Å². The van der Waals surface area contributed by atoms with Gasteiger partial charge in [-0.1, -0.05) is 26.8 Å². The van der Waals surface area contributed by atoms with Crippen LogP contribution in [-0.2, 0) is 14.3 Å². The number of amidine groups is 1. The minimum Gasteiger partial charge on any atom is -0.478 e. The van der Waals surface area contributed by atoms with Crippen LogP contribution in [0.5, 0.6) is 0 Å². The Bertz CT molecular complexity index is 1600. The minimum absolute atomic E-state index is 0.00582. The number of rotatable bonds is 10. The average molecular weight is 583 g/mol. The van der Waals surface area contributed by atoms with Crippen LogP contribution in [0.3, 0.4) is 0 Å². The maximum Gasteiger partial charge on any atom is 0.336 e. The Morgan fingerprint density at radius 1 is 1.05 bits per heavy atom. The second kappa shape index (κ2) is 12.2. The number of hydrogen-bond acceptors (Lipinski definition) is 9. The lowest BCUT2D eigenvalue weighted by Crippen LogP contribution is -2.47. The molecule has 0 aliphatic heterocycles. The third kappa shape index (κ3) is 8.16. The molecule has 41 heavy (non-hydrogen) atoms. The van der Waals surface area contributed by atoms with Gasteiger partial charge in [-0.05, 0) is 41.3 Å². The van der Waals surface area contributed by atoms with Crippen molar-refractivity contribution in [2.24, 2.45) is 11.1 Å². The molecule has 1 atom stereocenters. The van der Waals surface area contributed by atoms with Crippen molar-refractivity contribution < 1.29 is 32.1 Å². The fourth-order valence-electron chi connectivity index (χ4n) is 3.67. The molecule has 6 N–H and O–H groups in total. The first-order valence-corrected chi connectivity index (χ1v) is 14.0. The quantitative estimate of drug-likeness (QED) is 0.134. The first-order chi connectivity index (χ1) is 19.1. The van der Waals surface area contributed by atoms with Crippen LogP contribution in [0.15, 0.2) is 55.0 Å². The molecular weight excluding hydrogens is 552 g/mol. The molecule has 0 fully saturated rings. The number of carbonyl (C=O) groups excluding carboxylic acids is 2. The average Bonchev–Trinajstić information content (AvgIpc) is 2.89. The van der Waals surface area contributed by atoms with Crippen molar-refractivity contribution in [2.75, 3.05) is 18.2 Å². The number of anilines is 1. The van der Waals surface area contributed by atoms with Gasteiger partial charge in [-0.2, -0.15) is 8.42 Å². The van der Waals surface area contributed by atoms with Gasteiger partial charge in [0.05, 0.1) is 41.9 Å². The first kappa shape index (κ1) is 30.8. The molecule has 3 aromatic rings. The Hall–Kier alpha value is -4.69. The van der Waals surface area contributed by atoms with E-state index in [9.17, 15) is 27.9 Å². The van der Waals surface area contributed by atoms with Gasteiger partial charge in [-0.25, -0.2) is 4.79 Å². The molecule has 14 heteroatoms. The molecule has 2 aromatic heterocycles. The molecule has 0 unspecified atom stereocenters. The smallest absolute Gasteiger partial charge is 0.336 e. The molecule has 0 saturated heterocycles. The highest BCUT2D eigenvalue weighted by Crippen LogP contribution is 2.29. The Morgan fingerprint density at radius 3 is 2.32 bits per heavy atom. The van der Waals surface area contributed by atoms with E-state index in [-0.39, 0.29) is 46.0 Å². The van der Waals surface area contributed by atoms with Gasteiger partial charge in [0.1, 0.15) is 11.5 Å². The first-order valence-electron chi connectivity index (χ1n) is 12.2. The zero-order valence-corrected chi connectivity index (χ0v) is 23.6. The fraction of sp³-hybridized carbons (Fsp3) is 0.259. The molecule has 0 radical (unpaired) electrons. The van der Waals surface area contributed by atoms with Gasteiger partial charge in [0.2, 0.25) is 0 Å². The predicted octanol–water partition coefficient (Wildman–Crippen LogP) is 2.50. The molecule has 3 rings (SSSR count). The zero-order chi connectivity index (χ0) is 30.5. The van der Waals surface area contributed by atoms with E-state index in [1.165, 1.54) is 55.0 Å². The molecule has 0 aliphatic carbocycles. The number of amides is 2. The second-order valence-corrected chi connectivity index (χ2v) is 11.8. The van der Waals surface area contributed by atoms with Crippen molar-refractivity contribution >= 4 is 39.4 Å². The van der Waals surface area contributed by atoms with Gasteiger partial charge >= 0.3 is 5.97 Å². The molecule has 13 nitrogen and oxygen atoms in total. The highest BCUT2D eigenvalue weighted by Gasteiger charge is 2.29. The van der Waals surface area contributed by atoms with Gasteiger partial charge in [0.25, 0.3) is 21.9 Å². The van der Waals surface area contributed by atoms with E-state index in [0.29, 0.717) is 5.69 Å². The van der Waals surface area contributed by atoms with Gasteiger partial charge < -0.3 is 21.5 Å². The van der Waals surface area contributed by atoms with Crippen molar-refractivity contribution in [1.29, 1.82) is 5.41 Å². The third-order valence-electron chi connectivity index (χ3n) is 5.96. The summed E-state index contributed by atoms with van der Waals surface area (Å²) < 4.78 is 27.8. The monoisotopic (exact) mass is 582 g/mol. The zero-order valence-electron chi connectivity index (χ0n) is 22.8. The molecular formula is C27H30N6O7S. The number of carboxylic acid groups (broad SMARTS) is 1. The summed E-state index contributed by atoms with van der Waals surface area (Å²) in [6, 6.07) is 7.65. The minimum atomic E-state index is -3.76. The number of aromatic nitrogens is 2. The number of carboxylic acids is 1. The third-order valence-corrected chi connectivity index (χ3v) is 6.53. The number of hydrogen-bond donors (Lipinski definition) is 5. The Balaban J connectivity index is 1.93. The molecule has 0 aliphatic rings. The number of aromatic carboxylic acids is 1. The summed E-state index contributed by atoms with van der Waals surface area (Å²) in [4.78, 5) is 46.5. The maximum absolute atomic E-state index is 13.1. The van der Waals surface area contributed by atoms with Crippen molar-refractivity contribution in [3.05, 3.63) is 77.4 Å². The van der Waals surface area contributed by atoms with Gasteiger partial charge in [0, 0.05) is 23.5 Å². The van der Waals surface area contributed by atoms with Crippen molar-refractivity contribution in [3.63, 3.8) is 0 Å². The summed E-state index contributed by atoms with van der Waals surface area (Å²) in [6.45, 7) is 5.06. The standard InChI is InChI=1S/C27H30N6O7S/c1-27(2,3)22(14-40-41(4,38)39)33-24(34)15-5-7-17(19(11-15)26(36)37)20-13-30-10-9-18(20)25(35)32-16-6-8-21(23(28)29)31-12-16/h5-13,22H,14H2,1-4H3,(H3,28,29)(H,32,35)(H,33,34)(H,36,37)/t22-/m1/s1. The number of carbonyl (C=O) groups is 3. The van der Waals surface area contributed by atoms with Crippen LogP contribution in [0.25, 0.3) is 11.1 Å². The number of benzene rings is 1. The largest absolute Gasteiger partial charge is 0.478 e. The lowest BCUT2D eigenvalue weighted by molar-refractivity contribution is 0.0697. The van der Waals surface area contributed by atoms with Crippen LogP contribution in [0.2, 0.25) is 0 Å². The molecule has 0 bridgehead atoms. The number of pyridine rings is 2. The molecule has 0 saturated carbocycles. The van der Waals surface area contributed by atoms with Crippen molar-refractivity contribution in [1.82, 2.24) is 15.3 Å². The highest BCUT2D eigenvalue weighted by molar-refractivity contribution is 7.85. The number of nitrogens with one attached hydrogen (secondary N) is 3. The number of nitrogens with zero attached hydrogens (tertiary/aromatic N) is 2. The molecule has 2 amide bonds. The molecule has 1 aromatic carbocycles. The fourth-order valence-corrected chi connectivity index (χ4v) is 4.05. The van der Waals surface area contributed by atoms with Crippen molar-refractivity contribution in [2.45, 2.75) is 26.8 Å². The maximum atomic E-state index is 13.1. The normalized spacial score (nSPS) is 12.3. The van der Waals surface area contributed by atoms with E-state index in [1.807, 2.05) is 0 Å². The summed E-state index contributed by atoms with van der Waals surface area (Å²) >= 11 is 0. The van der Waals surface area contributed by atoms with Crippen LogP contribution in [0, 0.1) is 10.8 Å². The van der Waals surface area contributed by atoms with E-state index < -0.39 is 39.4 Å². The Kier molecular flexibility index (Phi) is 9.20. The summed E-state index contributed by atoms with van der Waals surface area (Å²) in [5.74, 6) is -2.78. The predicted molar refractivity (Wildman–Crippen MR) is 151 cm³/mol. The molecule has 2 heterocycles. The highest BCUT2D eigenvalue weighted by atomic mass is 32.2. The Labute approximate surface area is 236 Å². The summed E-state index contributed by atoms with van der Waals surface area (Å²) in [7, 11) is -3.76. The van der Waals surface area contributed by atoms with E-state index in [1.54, 1.807) is 20.8 Å². The van der Waals surface area contributed by atoms with Crippen LogP contribution >= 0.6 is 0 Å². The summed E-state index contributed by atoms with van der Waals surface area (Å²) in [6.07, 6.45) is 4.95. The van der Waals surface area contributed by atoms with E-state index in [0.717, 1.165) is 6.26 Å². The lowest BCUT2D eigenvalue weighted by Gasteiger charge is -2.31. The number of nitrogen functional groups attached to an aromatic ring is 1. The Morgan fingerprint density at radius 2 is 1.76 bits per heavy atom. The lowest BCUT2D eigenvalue weighted by atomic mass is 9.87. The molecule has 216 valence electrons. The van der Waals surface area contributed by atoms with Gasteiger partial charge in [0.15, 0.2) is 0 Å². The van der Waals surface area contributed by atoms with Gasteiger partial charge in [-0.3, -0.25) is 29.1 Å². The van der Waals surface area contributed by atoms with E-state index >= 15 is 0 Å². The van der Waals surface area contributed by atoms with Gasteiger partial charge in [-0.15, -0.1) is 0 Å². The molecule has 0 spiro atoms. The SMILES string of the molecule is CC(C)(C)[C@@H](COS(C)(=O)=O)NC(=O)c1ccc(-c2cnccc2C(=O)Nc2ccc(C(=N)N)nc2)c(C(=O)O)c1. The van der Waals surface area contributed by atoms with Crippen LogP contribution in [-0.4, -0.2) is 66.0 Å². The second-order valence-electron chi connectivity index (χ2n) is 10.2. The number of nitrogens with two attached hydrogens (primary N) is 1. The van der Waals surface area contributed by atoms with Crippen molar-refractivity contribution in [3.8, 4) is 11.1 Å². The topological polar surface area (TPSA) is 215 Å². The van der Waals surface area contributed by atoms with E-state index in [4.69, 9.17) is 15.3 Å². The summed E-state index contributed by atoms with van der Waals surface area (Å²) in [5.41, 5.74) is 5.58. The van der Waals surface area contributed by atoms with Crippen LogP contribution in [0.1, 0.15) is 57.5 Å². The van der Waals surface area contributed by atoms with Crippen LogP contribution in [0.4, 0.5) is 5.69 Å².